The molecule has 0 radical (unpaired) electrons. The van der Waals surface area contributed by atoms with Crippen LogP contribution in [-0.4, -0.2) is 19.7 Å². The Kier molecular flexibility index (Phi) is 4.46. The molecule has 1 aromatic rings. The second kappa shape index (κ2) is 5.85. The quantitative estimate of drug-likeness (QED) is 0.749. The molecule has 0 unspecified atom stereocenters. The van der Waals surface area contributed by atoms with Crippen LogP contribution < -0.4 is 4.74 Å². The molecule has 0 atom stereocenters. The zero-order valence-electron chi connectivity index (χ0n) is 9.62. The molecule has 0 aromatic heterocycles. The third-order valence-corrected chi connectivity index (χ3v) is 2.12. The summed E-state index contributed by atoms with van der Waals surface area (Å²) in [5.41, 5.74) is 0.421. The lowest BCUT2D eigenvalue weighted by molar-refractivity contribution is -0.142. The summed E-state index contributed by atoms with van der Waals surface area (Å²) in [4.78, 5) is 11.3. The monoisotopic (exact) mass is 237 g/mol. The first-order chi connectivity index (χ1) is 8.12. The Morgan fingerprint density at radius 3 is 2.76 bits per heavy atom. The van der Waals surface area contributed by atoms with E-state index in [1.54, 1.807) is 6.92 Å². The fraction of sp³-hybridized carbons (Fsp3) is 0.333. The summed E-state index contributed by atoms with van der Waals surface area (Å²) < 4.78 is 22.9. The van der Waals surface area contributed by atoms with E-state index in [1.807, 2.05) is 6.07 Å². The first-order valence-electron chi connectivity index (χ1n) is 5.04. The number of benzene rings is 1. The highest BCUT2D eigenvalue weighted by Gasteiger charge is 2.15. The van der Waals surface area contributed by atoms with Gasteiger partial charge in [0.05, 0.1) is 25.7 Å². The fourth-order valence-electron chi connectivity index (χ4n) is 1.43. The second-order valence-corrected chi connectivity index (χ2v) is 3.24. The number of halogens is 1. The molecule has 4 nitrogen and oxygen atoms in total. The van der Waals surface area contributed by atoms with Crippen molar-refractivity contribution in [1.29, 1.82) is 5.26 Å². The molecule has 90 valence electrons. The fourth-order valence-corrected chi connectivity index (χ4v) is 1.43. The molecule has 17 heavy (non-hydrogen) atoms. The van der Waals surface area contributed by atoms with Crippen LogP contribution in [0.4, 0.5) is 4.39 Å². The van der Waals surface area contributed by atoms with E-state index < -0.39 is 11.8 Å². The first-order valence-corrected chi connectivity index (χ1v) is 5.04. The lowest BCUT2D eigenvalue weighted by Crippen LogP contribution is -2.09. The van der Waals surface area contributed by atoms with Gasteiger partial charge in [-0.1, -0.05) is 0 Å². The lowest BCUT2D eigenvalue weighted by atomic mass is 10.0. The average molecular weight is 237 g/mol. The van der Waals surface area contributed by atoms with Gasteiger partial charge in [-0.3, -0.25) is 4.79 Å². The molecule has 1 aromatic carbocycles. The van der Waals surface area contributed by atoms with E-state index in [0.29, 0.717) is 0 Å². The second-order valence-electron chi connectivity index (χ2n) is 3.24. The summed E-state index contributed by atoms with van der Waals surface area (Å²) in [7, 11) is 1.34. The molecule has 0 aliphatic carbocycles. The van der Waals surface area contributed by atoms with E-state index in [1.165, 1.54) is 7.11 Å². The van der Waals surface area contributed by atoms with Crippen LogP contribution in [0.25, 0.3) is 0 Å². The van der Waals surface area contributed by atoms with Gasteiger partial charge in [0.15, 0.2) is 0 Å². The van der Waals surface area contributed by atoms with Gasteiger partial charge in [-0.2, -0.15) is 5.26 Å². The van der Waals surface area contributed by atoms with E-state index in [4.69, 9.17) is 14.7 Å². The number of methoxy groups -OCH3 is 1. The molecular weight excluding hydrogens is 225 g/mol. The van der Waals surface area contributed by atoms with Gasteiger partial charge in [0.2, 0.25) is 0 Å². The molecule has 0 saturated carbocycles. The van der Waals surface area contributed by atoms with Gasteiger partial charge >= 0.3 is 5.97 Å². The summed E-state index contributed by atoms with van der Waals surface area (Å²) in [5, 5.41) is 8.96. The maximum Gasteiger partial charge on any atom is 0.310 e. The zero-order valence-corrected chi connectivity index (χ0v) is 9.62. The van der Waals surface area contributed by atoms with Crippen LogP contribution in [0.2, 0.25) is 0 Å². The van der Waals surface area contributed by atoms with Crippen molar-refractivity contribution in [2.24, 2.45) is 0 Å². The van der Waals surface area contributed by atoms with E-state index in [2.05, 4.69) is 0 Å². The van der Waals surface area contributed by atoms with Crippen molar-refractivity contribution in [1.82, 2.24) is 0 Å². The Morgan fingerprint density at radius 2 is 2.24 bits per heavy atom. The van der Waals surface area contributed by atoms with Crippen molar-refractivity contribution in [3.63, 3.8) is 0 Å². The zero-order chi connectivity index (χ0) is 12.8. The predicted octanol–water partition coefficient (Wildman–Crippen LogP) is 1.81. The molecule has 0 aliphatic heterocycles. The Balaban J connectivity index is 3.10. The Morgan fingerprint density at radius 1 is 1.53 bits per heavy atom. The van der Waals surface area contributed by atoms with E-state index in [9.17, 15) is 9.18 Å². The molecular formula is C12H12FNO3. The largest absolute Gasteiger partial charge is 0.495 e. The number of nitriles is 1. The molecule has 0 aliphatic rings. The van der Waals surface area contributed by atoms with Crippen LogP contribution in [0.3, 0.4) is 0 Å². The minimum absolute atomic E-state index is 0.117. The Labute approximate surface area is 98.6 Å². The van der Waals surface area contributed by atoms with Crippen LogP contribution in [0.5, 0.6) is 5.75 Å². The van der Waals surface area contributed by atoms with Crippen molar-refractivity contribution < 1.29 is 18.7 Å². The third-order valence-electron chi connectivity index (χ3n) is 2.12. The maximum atomic E-state index is 13.2. The molecule has 0 heterocycles. The standard InChI is InChI=1S/C12H12FNO3/c1-3-17-12(15)5-8-4-9(13)6-11(16-2)10(8)7-14/h4,6H,3,5H2,1-2H3. The normalized spacial score (nSPS) is 9.53. The molecule has 0 saturated heterocycles. The SMILES string of the molecule is CCOC(=O)Cc1cc(F)cc(OC)c1C#N. The summed E-state index contributed by atoms with van der Waals surface area (Å²) >= 11 is 0. The van der Waals surface area contributed by atoms with Crippen molar-refractivity contribution in [2.45, 2.75) is 13.3 Å². The highest BCUT2D eigenvalue weighted by molar-refractivity contribution is 5.74. The van der Waals surface area contributed by atoms with Crippen molar-refractivity contribution >= 4 is 5.97 Å². The topological polar surface area (TPSA) is 59.3 Å². The smallest absolute Gasteiger partial charge is 0.310 e. The number of hydrogen-bond donors (Lipinski definition) is 0. The number of ether oxygens (including phenoxy) is 2. The van der Waals surface area contributed by atoms with Gasteiger partial charge in [-0.15, -0.1) is 0 Å². The van der Waals surface area contributed by atoms with Crippen LogP contribution in [0.15, 0.2) is 12.1 Å². The molecule has 1 rings (SSSR count). The number of hydrogen-bond acceptors (Lipinski definition) is 4. The number of rotatable bonds is 4. The Hall–Kier alpha value is -2.09. The van der Waals surface area contributed by atoms with Gasteiger partial charge in [-0.05, 0) is 18.6 Å². The number of carbonyl (C=O) groups is 1. The van der Waals surface area contributed by atoms with E-state index in [0.717, 1.165) is 12.1 Å². The molecule has 0 spiro atoms. The summed E-state index contributed by atoms with van der Waals surface area (Å²) in [6, 6.07) is 4.13. The minimum atomic E-state index is -0.555. The molecule has 0 N–H and O–H groups in total. The van der Waals surface area contributed by atoms with E-state index >= 15 is 0 Å². The lowest BCUT2D eigenvalue weighted by Gasteiger charge is -2.08. The predicted molar refractivity (Wildman–Crippen MR) is 58.0 cm³/mol. The van der Waals surface area contributed by atoms with Crippen LogP contribution >= 0.6 is 0 Å². The van der Waals surface area contributed by atoms with Crippen LogP contribution in [0.1, 0.15) is 18.1 Å². The van der Waals surface area contributed by atoms with Crippen LogP contribution in [0, 0.1) is 17.1 Å². The van der Waals surface area contributed by atoms with E-state index in [-0.39, 0.29) is 29.9 Å². The van der Waals surface area contributed by atoms with Crippen LogP contribution in [-0.2, 0) is 16.0 Å². The minimum Gasteiger partial charge on any atom is -0.495 e. The Bertz CT molecular complexity index is 466. The van der Waals surface area contributed by atoms with Crippen molar-refractivity contribution in [3.8, 4) is 11.8 Å². The summed E-state index contributed by atoms with van der Waals surface area (Å²) in [6.45, 7) is 1.92. The highest BCUT2D eigenvalue weighted by Crippen LogP contribution is 2.24. The maximum absolute atomic E-state index is 13.2. The highest BCUT2D eigenvalue weighted by atomic mass is 19.1. The molecule has 0 amide bonds. The molecule has 0 fully saturated rings. The summed E-state index contributed by atoms with van der Waals surface area (Å²) in [6.07, 6.45) is -0.148. The van der Waals surface area contributed by atoms with Gasteiger partial charge < -0.3 is 9.47 Å². The number of nitrogens with zero attached hydrogens (tertiary/aromatic N) is 1. The third kappa shape index (κ3) is 3.18. The van der Waals surface area contributed by atoms with Gasteiger partial charge in [0, 0.05) is 6.07 Å². The number of carbonyl (C=O) groups excluding carboxylic acids is 1. The summed E-state index contributed by atoms with van der Waals surface area (Å²) in [5.74, 6) is -0.941. The van der Waals surface area contributed by atoms with Crippen molar-refractivity contribution in [3.05, 3.63) is 29.1 Å². The average Bonchev–Trinajstić information content (AvgIpc) is 2.28. The van der Waals surface area contributed by atoms with Gasteiger partial charge in [0.1, 0.15) is 17.6 Å². The van der Waals surface area contributed by atoms with Crippen molar-refractivity contribution in [2.75, 3.05) is 13.7 Å². The molecule has 0 bridgehead atoms. The van der Waals surface area contributed by atoms with Gasteiger partial charge in [-0.25, -0.2) is 4.39 Å². The van der Waals surface area contributed by atoms with Gasteiger partial charge in [0.25, 0.3) is 0 Å². The molecule has 5 heteroatoms. The number of esters is 1. The first kappa shape index (κ1) is 13.0.